The minimum absolute atomic E-state index is 0.0394. The number of nitrogens with two attached hydrogens (primary N) is 1. The molecule has 0 aromatic carbocycles. The predicted octanol–water partition coefficient (Wildman–Crippen LogP) is 0.483. The third-order valence-electron chi connectivity index (χ3n) is 4.33. The smallest absolute Gasteiger partial charge is 0.249 e. The van der Waals surface area contributed by atoms with Crippen LogP contribution in [-0.2, 0) is 9.53 Å². The van der Waals surface area contributed by atoms with E-state index in [1.807, 2.05) is 0 Å². The molecular weight excluding hydrogens is 242 g/mol. The molecule has 0 aliphatic carbocycles. The Kier molecular flexibility index (Phi) is 5.60. The summed E-state index contributed by atoms with van der Waals surface area (Å²) in [6.07, 6.45) is 5.22. The highest BCUT2D eigenvalue weighted by Gasteiger charge is 2.30. The monoisotopic (exact) mass is 269 g/mol. The molecule has 0 aromatic heterocycles. The molecule has 5 heteroatoms. The Labute approximate surface area is 115 Å². The number of ether oxygens (including phenoxy) is 1. The number of hydrogen-bond acceptors (Lipinski definition) is 4. The first-order valence-corrected chi connectivity index (χ1v) is 7.62. The number of carbonyl (C=O) groups excluding carboxylic acids is 1. The second-order valence-electron chi connectivity index (χ2n) is 5.58. The van der Waals surface area contributed by atoms with Gasteiger partial charge in [0.1, 0.15) is 6.10 Å². The molecule has 3 N–H and O–H groups in total. The van der Waals surface area contributed by atoms with E-state index >= 15 is 0 Å². The van der Waals surface area contributed by atoms with Crippen LogP contribution in [0.1, 0.15) is 39.0 Å². The lowest BCUT2D eigenvalue weighted by Crippen LogP contribution is -2.48. The third-order valence-corrected chi connectivity index (χ3v) is 4.33. The lowest BCUT2D eigenvalue weighted by molar-refractivity contribution is -0.132. The average molecular weight is 269 g/mol. The Balaban J connectivity index is 1.73. The number of nitrogens with one attached hydrogen (secondary N) is 1. The normalized spacial score (nSPS) is 32.4. The highest BCUT2D eigenvalue weighted by Crippen LogP contribution is 2.19. The molecule has 5 nitrogen and oxygen atoms in total. The average Bonchev–Trinajstić information content (AvgIpc) is 2.94. The minimum Gasteiger partial charge on any atom is -0.364 e. The maximum absolute atomic E-state index is 12.0. The van der Waals surface area contributed by atoms with Crippen molar-refractivity contribution in [3.63, 3.8) is 0 Å². The Morgan fingerprint density at radius 2 is 2.21 bits per heavy atom. The number of nitrogens with zero attached hydrogens (tertiary/aromatic N) is 1. The van der Waals surface area contributed by atoms with Crippen LogP contribution in [0.3, 0.4) is 0 Å². The van der Waals surface area contributed by atoms with Gasteiger partial charge in [0.2, 0.25) is 5.91 Å². The molecule has 0 radical (unpaired) electrons. The van der Waals surface area contributed by atoms with Gasteiger partial charge >= 0.3 is 0 Å². The Hall–Kier alpha value is -0.650. The van der Waals surface area contributed by atoms with Crippen LogP contribution in [0.25, 0.3) is 0 Å². The molecule has 19 heavy (non-hydrogen) atoms. The summed E-state index contributed by atoms with van der Waals surface area (Å²) in [6, 6.07) is 0.495. The third kappa shape index (κ3) is 3.91. The Morgan fingerprint density at radius 3 is 2.89 bits per heavy atom. The molecule has 3 atom stereocenters. The fourth-order valence-corrected chi connectivity index (χ4v) is 3.11. The molecule has 2 rings (SSSR count). The van der Waals surface area contributed by atoms with Crippen LogP contribution in [0.4, 0.5) is 0 Å². The van der Waals surface area contributed by atoms with E-state index < -0.39 is 0 Å². The van der Waals surface area contributed by atoms with Crippen molar-refractivity contribution in [3.8, 4) is 0 Å². The number of likely N-dealkylation sites (tertiary alicyclic amines) is 1. The SMILES string of the molecule is CCN1CCCCC1CNC(=O)[C@@H]1CC[C@H](CN)O1. The molecule has 2 aliphatic rings. The fourth-order valence-electron chi connectivity index (χ4n) is 3.11. The zero-order valence-corrected chi connectivity index (χ0v) is 11.9. The lowest BCUT2D eigenvalue weighted by Gasteiger charge is -2.35. The molecule has 2 fully saturated rings. The van der Waals surface area contributed by atoms with Crippen LogP contribution in [0.5, 0.6) is 0 Å². The van der Waals surface area contributed by atoms with Gasteiger partial charge in [-0.05, 0) is 38.8 Å². The van der Waals surface area contributed by atoms with Crippen molar-refractivity contribution < 1.29 is 9.53 Å². The van der Waals surface area contributed by atoms with Crippen LogP contribution < -0.4 is 11.1 Å². The molecule has 0 aromatic rings. The van der Waals surface area contributed by atoms with Crippen LogP contribution in [-0.4, -0.2) is 55.2 Å². The zero-order chi connectivity index (χ0) is 13.7. The van der Waals surface area contributed by atoms with Gasteiger partial charge in [0.15, 0.2) is 0 Å². The van der Waals surface area contributed by atoms with E-state index in [0.29, 0.717) is 12.6 Å². The quantitative estimate of drug-likeness (QED) is 0.762. The van der Waals surface area contributed by atoms with Crippen LogP contribution in [0.15, 0.2) is 0 Å². The Bertz CT molecular complexity index is 298. The first-order valence-electron chi connectivity index (χ1n) is 7.62. The molecule has 0 saturated carbocycles. The molecule has 0 spiro atoms. The summed E-state index contributed by atoms with van der Waals surface area (Å²) in [4.78, 5) is 14.5. The minimum atomic E-state index is -0.285. The highest BCUT2D eigenvalue weighted by molar-refractivity contribution is 5.81. The van der Waals surface area contributed by atoms with E-state index in [1.54, 1.807) is 0 Å². The van der Waals surface area contributed by atoms with Crippen molar-refractivity contribution in [2.24, 2.45) is 5.73 Å². The van der Waals surface area contributed by atoms with E-state index in [0.717, 1.165) is 32.5 Å². The summed E-state index contributed by atoms with van der Waals surface area (Å²) in [5.74, 6) is 0.0394. The topological polar surface area (TPSA) is 67.6 Å². The second kappa shape index (κ2) is 7.22. The fraction of sp³-hybridized carbons (Fsp3) is 0.929. The number of likely N-dealkylation sites (N-methyl/N-ethyl adjacent to an activating group) is 1. The van der Waals surface area contributed by atoms with E-state index in [2.05, 4.69) is 17.1 Å². The van der Waals surface area contributed by atoms with Gasteiger partial charge in [0.25, 0.3) is 0 Å². The molecular formula is C14H27N3O2. The second-order valence-corrected chi connectivity index (χ2v) is 5.58. The van der Waals surface area contributed by atoms with Gasteiger partial charge in [-0.15, -0.1) is 0 Å². The van der Waals surface area contributed by atoms with E-state index in [4.69, 9.17) is 10.5 Å². The number of hydrogen-bond donors (Lipinski definition) is 2. The molecule has 2 aliphatic heterocycles. The van der Waals surface area contributed by atoms with Gasteiger partial charge in [-0.25, -0.2) is 0 Å². The van der Waals surface area contributed by atoms with Gasteiger partial charge in [-0.3, -0.25) is 9.69 Å². The van der Waals surface area contributed by atoms with Gasteiger partial charge < -0.3 is 15.8 Å². The van der Waals surface area contributed by atoms with Crippen molar-refractivity contribution in [2.75, 3.05) is 26.2 Å². The van der Waals surface area contributed by atoms with Crippen molar-refractivity contribution in [1.82, 2.24) is 10.2 Å². The van der Waals surface area contributed by atoms with E-state index in [-0.39, 0.29) is 18.1 Å². The van der Waals surface area contributed by atoms with Crippen molar-refractivity contribution in [2.45, 2.75) is 57.3 Å². The summed E-state index contributed by atoms with van der Waals surface area (Å²) in [7, 11) is 0. The van der Waals surface area contributed by atoms with Gasteiger partial charge in [0.05, 0.1) is 6.10 Å². The summed E-state index contributed by atoms with van der Waals surface area (Å²) in [6.45, 7) is 5.67. The lowest BCUT2D eigenvalue weighted by atomic mass is 10.0. The summed E-state index contributed by atoms with van der Waals surface area (Å²) in [5.41, 5.74) is 5.56. The standard InChI is InChI=1S/C14H27N3O2/c1-2-17-8-4-3-5-11(17)10-16-14(18)13-7-6-12(9-15)19-13/h11-13H,2-10,15H2,1H3,(H,16,18)/t11?,12-,13+/m1/s1. The van der Waals surface area contributed by atoms with E-state index in [1.165, 1.54) is 19.3 Å². The number of piperidine rings is 1. The van der Waals surface area contributed by atoms with Crippen LogP contribution in [0.2, 0.25) is 0 Å². The van der Waals surface area contributed by atoms with Crippen LogP contribution >= 0.6 is 0 Å². The number of amides is 1. The number of rotatable bonds is 5. The van der Waals surface area contributed by atoms with Gasteiger partial charge in [-0.2, -0.15) is 0 Å². The number of carbonyl (C=O) groups is 1. The predicted molar refractivity (Wildman–Crippen MR) is 74.8 cm³/mol. The first-order chi connectivity index (χ1) is 9.24. The summed E-state index contributed by atoms with van der Waals surface area (Å²) in [5, 5.41) is 3.06. The largest absolute Gasteiger partial charge is 0.364 e. The maximum atomic E-state index is 12.0. The zero-order valence-electron chi connectivity index (χ0n) is 11.9. The first kappa shape index (κ1) is 14.8. The van der Waals surface area contributed by atoms with E-state index in [9.17, 15) is 4.79 Å². The van der Waals surface area contributed by atoms with Crippen molar-refractivity contribution >= 4 is 5.91 Å². The molecule has 110 valence electrons. The van der Waals surface area contributed by atoms with Crippen molar-refractivity contribution in [3.05, 3.63) is 0 Å². The van der Waals surface area contributed by atoms with Crippen LogP contribution in [0, 0.1) is 0 Å². The molecule has 2 saturated heterocycles. The summed E-state index contributed by atoms with van der Waals surface area (Å²) >= 11 is 0. The maximum Gasteiger partial charge on any atom is 0.249 e. The highest BCUT2D eigenvalue weighted by atomic mass is 16.5. The van der Waals surface area contributed by atoms with Gasteiger partial charge in [0, 0.05) is 19.1 Å². The summed E-state index contributed by atoms with van der Waals surface area (Å²) < 4.78 is 5.61. The van der Waals surface area contributed by atoms with Crippen molar-refractivity contribution in [1.29, 1.82) is 0 Å². The van der Waals surface area contributed by atoms with Gasteiger partial charge in [-0.1, -0.05) is 13.3 Å². The molecule has 2 heterocycles. The molecule has 1 amide bonds. The Morgan fingerprint density at radius 1 is 1.37 bits per heavy atom. The molecule has 0 bridgehead atoms. The molecule has 1 unspecified atom stereocenters.